The normalized spacial score (nSPS) is 16.4. The predicted octanol–water partition coefficient (Wildman–Crippen LogP) is 2.32. The van der Waals surface area contributed by atoms with Crippen LogP contribution in [0.4, 0.5) is 18.9 Å². The molecular weight excluding hydrogens is 271 g/mol. The van der Waals surface area contributed by atoms with Gasteiger partial charge in [0.1, 0.15) is 6.54 Å². The van der Waals surface area contributed by atoms with E-state index < -0.39 is 18.6 Å². The summed E-state index contributed by atoms with van der Waals surface area (Å²) in [5.74, 6) is -0.716. The molecule has 2 rings (SSSR count). The first-order valence-electron chi connectivity index (χ1n) is 5.76. The zero-order valence-electron chi connectivity index (χ0n) is 10.4. The number of carbonyl (C=O) groups excluding carboxylic acids is 1. The number of nitrogens with zero attached hydrogens (tertiary/aromatic N) is 2. The molecule has 0 fully saturated rings. The fourth-order valence-corrected chi connectivity index (χ4v) is 1.80. The number of anilines is 1. The van der Waals surface area contributed by atoms with Crippen LogP contribution in [0.25, 0.3) is 0 Å². The van der Waals surface area contributed by atoms with Gasteiger partial charge in [0.2, 0.25) is 5.91 Å². The second kappa shape index (κ2) is 4.99. The molecule has 4 nitrogen and oxygen atoms in total. The summed E-state index contributed by atoms with van der Waals surface area (Å²) in [4.78, 5) is 11.6. The van der Waals surface area contributed by atoms with Crippen molar-refractivity contribution >= 4 is 17.3 Å². The van der Waals surface area contributed by atoms with Gasteiger partial charge in [-0.2, -0.15) is 18.3 Å². The van der Waals surface area contributed by atoms with Gasteiger partial charge < -0.3 is 5.73 Å². The molecule has 1 heterocycles. The van der Waals surface area contributed by atoms with Crippen molar-refractivity contribution in [2.24, 2.45) is 5.10 Å². The molecular formula is C13H12F3N3O. The highest BCUT2D eigenvalue weighted by Crippen LogP contribution is 2.24. The van der Waals surface area contributed by atoms with E-state index in [-0.39, 0.29) is 12.1 Å². The van der Waals surface area contributed by atoms with Gasteiger partial charge in [-0.05, 0) is 17.7 Å². The van der Waals surface area contributed by atoms with E-state index in [2.05, 4.69) is 11.7 Å². The lowest BCUT2D eigenvalue weighted by Gasteiger charge is -2.25. The Morgan fingerprint density at radius 3 is 2.45 bits per heavy atom. The maximum atomic E-state index is 12.4. The van der Waals surface area contributed by atoms with Crippen molar-refractivity contribution in [3.8, 4) is 0 Å². The second-order valence-corrected chi connectivity index (χ2v) is 4.42. The summed E-state index contributed by atoms with van der Waals surface area (Å²) in [6.45, 7) is 2.28. The summed E-state index contributed by atoms with van der Waals surface area (Å²) in [5.41, 5.74) is 7.31. The first-order chi connectivity index (χ1) is 9.26. The molecule has 0 aromatic heterocycles. The summed E-state index contributed by atoms with van der Waals surface area (Å²) in [5, 5.41) is 4.20. The van der Waals surface area contributed by atoms with Gasteiger partial charge >= 0.3 is 6.18 Å². The number of hydrogen-bond acceptors (Lipinski definition) is 3. The van der Waals surface area contributed by atoms with E-state index in [4.69, 9.17) is 5.73 Å². The Labute approximate surface area is 113 Å². The van der Waals surface area contributed by atoms with Crippen LogP contribution in [0.2, 0.25) is 0 Å². The summed E-state index contributed by atoms with van der Waals surface area (Å²) in [6.07, 6.45) is -4.68. The summed E-state index contributed by atoms with van der Waals surface area (Å²) < 4.78 is 37.2. The first-order valence-corrected chi connectivity index (χ1v) is 5.76. The SMILES string of the molecule is C=C1CC(=O)N(CC(F)(F)F)N=C1c1ccc(N)cc1. The molecule has 1 aliphatic heterocycles. The Hall–Kier alpha value is -2.31. The Kier molecular flexibility index (Phi) is 3.52. The minimum atomic E-state index is -4.50. The number of carbonyl (C=O) groups is 1. The number of nitrogens with two attached hydrogens (primary N) is 1. The Morgan fingerprint density at radius 1 is 1.30 bits per heavy atom. The van der Waals surface area contributed by atoms with Crippen molar-refractivity contribution in [1.82, 2.24) is 5.01 Å². The van der Waals surface area contributed by atoms with Crippen LogP contribution in [0, 0.1) is 0 Å². The van der Waals surface area contributed by atoms with E-state index in [1.54, 1.807) is 24.3 Å². The molecule has 0 aliphatic carbocycles. The molecule has 2 N–H and O–H groups in total. The Morgan fingerprint density at radius 2 is 1.90 bits per heavy atom. The molecule has 7 heteroatoms. The average molecular weight is 283 g/mol. The fraction of sp³-hybridized carbons (Fsp3) is 0.231. The number of alkyl halides is 3. The lowest BCUT2D eigenvalue weighted by molar-refractivity contribution is -0.161. The van der Waals surface area contributed by atoms with Gasteiger partial charge in [-0.3, -0.25) is 4.79 Å². The highest BCUT2D eigenvalue weighted by molar-refractivity contribution is 6.16. The van der Waals surface area contributed by atoms with Gasteiger partial charge in [0.25, 0.3) is 0 Å². The molecule has 1 aromatic carbocycles. The standard InChI is InChI=1S/C13H12F3N3O/c1-8-6-11(20)19(7-13(14,15)16)18-12(8)9-2-4-10(17)5-3-9/h2-5H,1,6-7,17H2. The highest BCUT2D eigenvalue weighted by atomic mass is 19.4. The van der Waals surface area contributed by atoms with Crippen LogP contribution in [0.5, 0.6) is 0 Å². The molecule has 20 heavy (non-hydrogen) atoms. The van der Waals surface area contributed by atoms with Crippen molar-refractivity contribution in [3.05, 3.63) is 42.0 Å². The number of rotatable bonds is 2. The molecule has 0 saturated heterocycles. The Bertz CT molecular complexity index is 576. The highest BCUT2D eigenvalue weighted by Gasteiger charge is 2.35. The van der Waals surface area contributed by atoms with Gasteiger partial charge in [-0.15, -0.1) is 0 Å². The van der Waals surface area contributed by atoms with Crippen LogP contribution in [0.3, 0.4) is 0 Å². The number of amides is 1. The van der Waals surface area contributed by atoms with Crippen LogP contribution >= 0.6 is 0 Å². The second-order valence-electron chi connectivity index (χ2n) is 4.42. The van der Waals surface area contributed by atoms with Crippen LogP contribution in [0.15, 0.2) is 41.5 Å². The topological polar surface area (TPSA) is 58.7 Å². The van der Waals surface area contributed by atoms with Gasteiger partial charge in [0.15, 0.2) is 0 Å². The van der Waals surface area contributed by atoms with Crippen molar-refractivity contribution in [2.75, 3.05) is 12.3 Å². The van der Waals surface area contributed by atoms with Crippen molar-refractivity contribution in [1.29, 1.82) is 0 Å². The molecule has 1 aliphatic rings. The maximum Gasteiger partial charge on any atom is 0.408 e. The smallest absolute Gasteiger partial charge is 0.399 e. The molecule has 0 unspecified atom stereocenters. The fourth-order valence-electron chi connectivity index (χ4n) is 1.80. The zero-order valence-corrected chi connectivity index (χ0v) is 10.4. The molecule has 0 radical (unpaired) electrons. The van der Waals surface area contributed by atoms with Crippen LogP contribution in [-0.2, 0) is 4.79 Å². The molecule has 1 amide bonds. The minimum absolute atomic E-state index is 0.181. The van der Waals surface area contributed by atoms with Crippen molar-refractivity contribution < 1.29 is 18.0 Å². The van der Waals surface area contributed by atoms with E-state index in [0.717, 1.165) is 0 Å². The lowest BCUT2D eigenvalue weighted by Crippen LogP contribution is -2.39. The monoisotopic (exact) mass is 283 g/mol. The number of hydrazone groups is 1. The third kappa shape index (κ3) is 3.17. The van der Waals surface area contributed by atoms with E-state index in [1.807, 2.05) is 0 Å². The van der Waals surface area contributed by atoms with Gasteiger partial charge in [0, 0.05) is 11.3 Å². The van der Waals surface area contributed by atoms with Crippen LogP contribution in [0.1, 0.15) is 12.0 Å². The molecule has 0 atom stereocenters. The van der Waals surface area contributed by atoms with Gasteiger partial charge in [-0.25, -0.2) is 5.01 Å². The third-order valence-corrected chi connectivity index (χ3v) is 2.72. The summed E-state index contributed by atoms with van der Waals surface area (Å²) in [7, 11) is 0. The zero-order chi connectivity index (χ0) is 14.9. The number of halogens is 3. The third-order valence-electron chi connectivity index (χ3n) is 2.72. The van der Waals surface area contributed by atoms with E-state index in [9.17, 15) is 18.0 Å². The first kappa shape index (κ1) is 14.1. The van der Waals surface area contributed by atoms with Crippen molar-refractivity contribution in [3.63, 3.8) is 0 Å². The van der Waals surface area contributed by atoms with Crippen molar-refractivity contribution in [2.45, 2.75) is 12.6 Å². The summed E-state index contributed by atoms with van der Waals surface area (Å²) in [6, 6.07) is 6.47. The number of hydrogen-bond donors (Lipinski definition) is 1. The van der Waals surface area contributed by atoms with Crippen LogP contribution < -0.4 is 5.73 Å². The largest absolute Gasteiger partial charge is 0.408 e. The van der Waals surface area contributed by atoms with Crippen LogP contribution in [-0.4, -0.2) is 29.3 Å². The molecule has 0 spiro atoms. The molecule has 0 bridgehead atoms. The summed E-state index contributed by atoms with van der Waals surface area (Å²) >= 11 is 0. The molecule has 1 aromatic rings. The lowest BCUT2D eigenvalue weighted by atomic mass is 9.99. The molecule has 106 valence electrons. The van der Waals surface area contributed by atoms with Gasteiger partial charge in [-0.1, -0.05) is 18.7 Å². The minimum Gasteiger partial charge on any atom is -0.399 e. The quantitative estimate of drug-likeness (QED) is 0.847. The van der Waals surface area contributed by atoms with E-state index in [0.29, 0.717) is 21.8 Å². The van der Waals surface area contributed by atoms with E-state index >= 15 is 0 Å². The maximum absolute atomic E-state index is 12.4. The van der Waals surface area contributed by atoms with E-state index in [1.165, 1.54) is 0 Å². The predicted molar refractivity (Wildman–Crippen MR) is 68.9 cm³/mol. The number of nitrogen functional groups attached to an aromatic ring is 1. The number of benzene rings is 1. The Balaban J connectivity index is 2.34. The molecule has 0 saturated carbocycles. The van der Waals surface area contributed by atoms with Gasteiger partial charge in [0.05, 0.1) is 12.1 Å². The average Bonchev–Trinajstić information content (AvgIpc) is 2.32.